The zero-order valence-corrected chi connectivity index (χ0v) is 8.82. The van der Waals surface area contributed by atoms with Gasteiger partial charge in [-0.15, -0.1) is 0 Å². The second-order valence-corrected chi connectivity index (χ2v) is 3.07. The molecule has 0 fully saturated rings. The van der Waals surface area contributed by atoms with Crippen molar-refractivity contribution in [3.63, 3.8) is 0 Å². The molecule has 0 radical (unpaired) electrons. The Bertz CT molecular complexity index is 99.0. The highest BCUT2D eigenvalue weighted by Gasteiger charge is 2.07. The molecule has 0 saturated heterocycles. The maximum Gasteiger partial charge on any atom is 0.0900 e. The molecule has 0 saturated carbocycles. The van der Waals surface area contributed by atoms with Gasteiger partial charge in [-0.05, 0) is 14.0 Å². The number of ether oxygens (including phenoxy) is 2. The summed E-state index contributed by atoms with van der Waals surface area (Å²) in [5, 5.41) is 9.44. The standard InChI is InChI=1S/C9H21NO3/c1-4-13-8-9(11)7-10(2)5-6-12-3/h9,11H,4-8H2,1-3H3. The molecular weight excluding hydrogens is 170 g/mol. The minimum absolute atomic E-state index is 0.401. The molecule has 0 heterocycles. The van der Waals surface area contributed by atoms with Crippen LogP contribution < -0.4 is 0 Å². The highest BCUT2D eigenvalue weighted by Crippen LogP contribution is 1.90. The number of hydrogen-bond acceptors (Lipinski definition) is 4. The molecule has 4 heteroatoms. The number of nitrogens with zero attached hydrogens (tertiary/aromatic N) is 1. The van der Waals surface area contributed by atoms with Crippen LogP contribution in [0.5, 0.6) is 0 Å². The van der Waals surface area contributed by atoms with Crippen molar-refractivity contribution in [3.8, 4) is 0 Å². The van der Waals surface area contributed by atoms with Gasteiger partial charge in [-0.3, -0.25) is 0 Å². The van der Waals surface area contributed by atoms with E-state index in [-0.39, 0.29) is 0 Å². The predicted molar refractivity (Wildman–Crippen MR) is 51.9 cm³/mol. The van der Waals surface area contributed by atoms with Crippen LogP contribution in [0.2, 0.25) is 0 Å². The van der Waals surface area contributed by atoms with E-state index in [4.69, 9.17) is 9.47 Å². The van der Waals surface area contributed by atoms with E-state index in [1.165, 1.54) is 0 Å². The third-order valence-corrected chi connectivity index (χ3v) is 1.71. The molecule has 0 aromatic rings. The Labute approximate surface area is 80.4 Å². The Kier molecular flexibility index (Phi) is 8.33. The van der Waals surface area contributed by atoms with Crippen molar-refractivity contribution >= 4 is 0 Å². The van der Waals surface area contributed by atoms with Gasteiger partial charge in [0.05, 0.1) is 19.3 Å². The summed E-state index contributed by atoms with van der Waals surface area (Å²) < 4.78 is 10.0. The van der Waals surface area contributed by atoms with Crippen LogP contribution >= 0.6 is 0 Å². The molecule has 0 aliphatic carbocycles. The van der Waals surface area contributed by atoms with Crippen LogP contribution in [-0.4, -0.2) is 63.2 Å². The van der Waals surface area contributed by atoms with Crippen molar-refractivity contribution < 1.29 is 14.6 Å². The smallest absolute Gasteiger partial charge is 0.0900 e. The van der Waals surface area contributed by atoms with Crippen molar-refractivity contribution in [1.82, 2.24) is 4.90 Å². The first-order chi connectivity index (χ1) is 6.20. The van der Waals surface area contributed by atoms with Gasteiger partial charge in [0.15, 0.2) is 0 Å². The Morgan fingerprint density at radius 3 is 2.69 bits per heavy atom. The van der Waals surface area contributed by atoms with Gasteiger partial charge in [0, 0.05) is 26.8 Å². The molecule has 80 valence electrons. The Balaban J connectivity index is 3.35. The lowest BCUT2D eigenvalue weighted by atomic mass is 10.3. The van der Waals surface area contributed by atoms with Gasteiger partial charge in [-0.25, -0.2) is 0 Å². The molecule has 1 unspecified atom stereocenters. The fourth-order valence-electron chi connectivity index (χ4n) is 1.00. The summed E-state index contributed by atoms with van der Waals surface area (Å²) in [4.78, 5) is 2.02. The predicted octanol–water partition coefficient (Wildman–Crippen LogP) is -0.0380. The molecule has 1 N–H and O–H groups in total. The number of likely N-dealkylation sites (N-methyl/N-ethyl adjacent to an activating group) is 1. The number of methoxy groups -OCH3 is 1. The second kappa shape index (κ2) is 8.44. The molecule has 0 amide bonds. The van der Waals surface area contributed by atoms with Crippen molar-refractivity contribution in [2.45, 2.75) is 13.0 Å². The second-order valence-electron chi connectivity index (χ2n) is 3.07. The normalized spacial score (nSPS) is 13.6. The van der Waals surface area contributed by atoms with Gasteiger partial charge >= 0.3 is 0 Å². The summed E-state index contributed by atoms with van der Waals surface area (Å²) in [5.74, 6) is 0. The van der Waals surface area contributed by atoms with E-state index >= 15 is 0 Å². The zero-order valence-electron chi connectivity index (χ0n) is 8.82. The van der Waals surface area contributed by atoms with Crippen molar-refractivity contribution in [2.75, 3.05) is 47.1 Å². The topological polar surface area (TPSA) is 41.9 Å². The lowest BCUT2D eigenvalue weighted by Crippen LogP contribution is -2.34. The van der Waals surface area contributed by atoms with Crippen LogP contribution in [0, 0.1) is 0 Å². The third kappa shape index (κ3) is 8.18. The lowest BCUT2D eigenvalue weighted by Gasteiger charge is -2.19. The minimum atomic E-state index is -0.401. The van der Waals surface area contributed by atoms with Gasteiger partial charge in [-0.2, -0.15) is 0 Å². The number of hydrogen-bond donors (Lipinski definition) is 1. The van der Waals surface area contributed by atoms with Crippen LogP contribution in [0.3, 0.4) is 0 Å². The van der Waals surface area contributed by atoms with Crippen LogP contribution in [0.15, 0.2) is 0 Å². The first-order valence-corrected chi connectivity index (χ1v) is 4.64. The van der Waals surface area contributed by atoms with Crippen molar-refractivity contribution in [2.24, 2.45) is 0 Å². The SMILES string of the molecule is CCOCC(O)CN(C)CCOC. The number of aliphatic hydroxyl groups is 1. The maximum atomic E-state index is 9.44. The largest absolute Gasteiger partial charge is 0.389 e. The monoisotopic (exact) mass is 191 g/mol. The summed E-state index contributed by atoms with van der Waals surface area (Å²) >= 11 is 0. The number of rotatable bonds is 8. The van der Waals surface area contributed by atoms with Gasteiger partial charge in [-0.1, -0.05) is 0 Å². The summed E-state index contributed by atoms with van der Waals surface area (Å²) in [6, 6.07) is 0. The summed E-state index contributed by atoms with van der Waals surface area (Å²) in [6.07, 6.45) is -0.401. The Hall–Kier alpha value is -0.160. The van der Waals surface area contributed by atoms with E-state index in [0.29, 0.717) is 26.4 Å². The zero-order chi connectivity index (χ0) is 10.1. The fraction of sp³-hybridized carbons (Fsp3) is 1.00. The van der Waals surface area contributed by atoms with E-state index < -0.39 is 6.10 Å². The number of aliphatic hydroxyl groups excluding tert-OH is 1. The summed E-state index contributed by atoms with van der Waals surface area (Å²) in [6.45, 7) is 5.13. The first-order valence-electron chi connectivity index (χ1n) is 4.64. The van der Waals surface area contributed by atoms with Gasteiger partial charge in [0.1, 0.15) is 0 Å². The highest BCUT2D eigenvalue weighted by atomic mass is 16.5. The van der Waals surface area contributed by atoms with E-state index in [1.807, 2.05) is 18.9 Å². The summed E-state index contributed by atoms with van der Waals surface area (Å²) in [5.41, 5.74) is 0. The average molecular weight is 191 g/mol. The first kappa shape index (κ1) is 12.8. The molecule has 0 aromatic heterocycles. The molecule has 1 atom stereocenters. The molecule has 13 heavy (non-hydrogen) atoms. The molecule has 0 bridgehead atoms. The average Bonchev–Trinajstić information content (AvgIpc) is 2.11. The molecular formula is C9H21NO3. The molecule has 0 aromatic carbocycles. The van der Waals surface area contributed by atoms with E-state index in [0.717, 1.165) is 6.54 Å². The van der Waals surface area contributed by atoms with Crippen molar-refractivity contribution in [3.05, 3.63) is 0 Å². The molecule has 0 aliphatic heterocycles. The van der Waals surface area contributed by atoms with Gasteiger partial charge in [0.2, 0.25) is 0 Å². The lowest BCUT2D eigenvalue weighted by molar-refractivity contribution is 0.0219. The third-order valence-electron chi connectivity index (χ3n) is 1.71. The van der Waals surface area contributed by atoms with Crippen molar-refractivity contribution in [1.29, 1.82) is 0 Å². The molecule has 0 spiro atoms. The highest BCUT2D eigenvalue weighted by molar-refractivity contribution is 4.59. The Morgan fingerprint density at radius 1 is 1.46 bits per heavy atom. The van der Waals surface area contributed by atoms with E-state index in [9.17, 15) is 5.11 Å². The molecule has 4 nitrogen and oxygen atoms in total. The fourth-order valence-corrected chi connectivity index (χ4v) is 1.00. The summed E-state index contributed by atoms with van der Waals surface area (Å²) in [7, 11) is 3.62. The van der Waals surface area contributed by atoms with Crippen LogP contribution in [0.1, 0.15) is 6.92 Å². The Morgan fingerprint density at radius 2 is 2.15 bits per heavy atom. The minimum Gasteiger partial charge on any atom is -0.389 e. The molecule has 0 aliphatic rings. The van der Waals surface area contributed by atoms with Crippen LogP contribution in [0.25, 0.3) is 0 Å². The van der Waals surface area contributed by atoms with Gasteiger partial charge < -0.3 is 19.5 Å². The van der Waals surface area contributed by atoms with E-state index in [1.54, 1.807) is 7.11 Å². The van der Waals surface area contributed by atoms with Crippen LogP contribution in [-0.2, 0) is 9.47 Å². The van der Waals surface area contributed by atoms with Crippen LogP contribution in [0.4, 0.5) is 0 Å². The van der Waals surface area contributed by atoms with Gasteiger partial charge in [0.25, 0.3) is 0 Å². The quantitative estimate of drug-likeness (QED) is 0.584. The maximum absolute atomic E-state index is 9.44. The molecule has 0 rings (SSSR count). The van der Waals surface area contributed by atoms with E-state index in [2.05, 4.69) is 0 Å².